The summed E-state index contributed by atoms with van der Waals surface area (Å²) in [6.07, 6.45) is 4.78. The summed E-state index contributed by atoms with van der Waals surface area (Å²) in [5, 5.41) is 0. The SMILES string of the molecule is CCC1CCCCN1C(=O)CCN(C(C)=O)c1ccc(C)c(Br)c1. The molecule has 1 unspecified atom stereocenters. The van der Waals surface area contributed by atoms with E-state index < -0.39 is 0 Å². The molecule has 0 bridgehead atoms. The van der Waals surface area contributed by atoms with Gasteiger partial charge >= 0.3 is 0 Å². The van der Waals surface area contributed by atoms with Gasteiger partial charge in [-0.25, -0.2) is 0 Å². The van der Waals surface area contributed by atoms with Gasteiger partial charge in [-0.3, -0.25) is 9.59 Å². The Morgan fingerprint density at radius 3 is 2.71 bits per heavy atom. The van der Waals surface area contributed by atoms with Gasteiger partial charge in [0, 0.05) is 42.6 Å². The van der Waals surface area contributed by atoms with Crippen molar-refractivity contribution in [1.29, 1.82) is 0 Å². The van der Waals surface area contributed by atoms with Gasteiger partial charge in [0.15, 0.2) is 0 Å². The molecule has 1 atom stereocenters. The van der Waals surface area contributed by atoms with E-state index in [0.717, 1.165) is 41.5 Å². The maximum Gasteiger partial charge on any atom is 0.224 e. The first-order chi connectivity index (χ1) is 11.4. The minimum atomic E-state index is -0.0377. The lowest BCUT2D eigenvalue weighted by molar-refractivity contribution is -0.134. The van der Waals surface area contributed by atoms with E-state index in [1.165, 1.54) is 6.42 Å². The summed E-state index contributed by atoms with van der Waals surface area (Å²) in [7, 11) is 0. The summed E-state index contributed by atoms with van der Waals surface area (Å²) in [5.41, 5.74) is 1.95. The highest BCUT2D eigenvalue weighted by Gasteiger charge is 2.25. The molecule has 1 aliphatic heterocycles. The Morgan fingerprint density at radius 2 is 2.08 bits per heavy atom. The highest BCUT2D eigenvalue weighted by atomic mass is 79.9. The van der Waals surface area contributed by atoms with Crippen molar-refractivity contribution in [1.82, 2.24) is 4.90 Å². The first-order valence-electron chi connectivity index (χ1n) is 8.77. The van der Waals surface area contributed by atoms with Gasteiger partial charge < -0.3 is 9.80 Å². The largest absolute Gasteiger partial charge is 0.340 e. The third kappa shape index (κ3) is 4.59. The minimum absolute atomic E-state index is 0.0377. The van der Waals surface area contributed by atoms with Crippen LogP contribution in [0.3, 0.4) is 0 Å². The third-order valence-electron chi connectivity index (χ3n) is 4.82. The van der Waals surface area contributed by atoms with E-state index in [1.807, 2.05) is 30.0 Å². The summed E-state index contributed by atoms with van der Waals surface area (Å²) in [5.74, 6) is 0.128. The lowest BCUT2D eigenvalue weighted by Gasteiger charge is -2.36. The van der Waals surface area contributed by atoms with E-state index in [9.17, 15) is 9.59 Å². The fraction of sp³-hybridized carbons (Fsp3) is 0.579. The van der Waals surface area contributed by atoms with Gasteiger partial charge in [-0.1, -0.05) is 28.9 Å². The molecule has 2 rings (SSSR count). The summed E-state index contributed by atoms with van der Waals surface area (Å²) < 4.78 is 0.972. The molecule has 2 amide bonds. The number of nitrogens with zero attached hydrogens (tertiary/aromatic N) is 2. The van der Waals surface area contributed by atoms with Crippen LogP contribution >= 0.6 is 15.9 Å². The topological polar surface area (TPSA) is 40.6 Å². The predicted molar refractivity (Wildman–Crippen MR) is 101 cm³/mol. The lowest BCUT2D eigenvalue weighted by atomic mass is 9.99. The van der Waals surface area contributed by atoms with Crippen molar-refractivity contribution in [2.75, 3.05) is 18.0 Å². The molecule has 1 fully saturated rings. The third-order valence-corrected chi connectivity index (χ3v) is 5.67. The zero-order valence-electron chi connectivity index (χ0n) is 14.8. The number of rotatable bonds is 5. The molecule has 4 nitrogen and oxygen atoms in total. The maximum atomic E-state index is 12.6. The van der Waals surface area contributed by atoms with Gasteiger partial charge in [0.05, 0.1) is 0 Å². The number of hydrogen-bond donors (Lipinski definition) is 0. The van der Waals surface area contributed by atoms with E-state index >= 15 is 0 Å². The Morgan fingerprint density at radius 1 is 1.33 bits per heavy atom. The molecule has 0 N–H and O–H groups in total. The van der Waals surface area contributed by atoms with Gasteiger partial charge in [-0.2, -0.15) is 0 Å². The van der Waals surface area contributed by atoms with E-state index in [2.05, 4.69) is 22.9 Å². The molecule has 0 aliphatic carbocycles. The fourth-order valence-electron chi connectivity index (χ4n) is 3.32. The van der Waals surface area contributed by atoms with Crippen LogP contribution in [-0.2, 0) is 9.59 Å². The van der Waals surface area contributed by atoms with Crippen LogP contribution in [0.5, 0.6) is 0 Å². The van der Waals surface area contributed by atoms with Crippen molar-refractivity contribution in [2.24, 2.45) is 0 Å². The quantitative estimate of drug-likeness (QED) is 0.746. The molecule has 1 heterocycles. The molecule has 1 aromatic carbocycles. The van der Waals surface area contributed by atoms with Crippen LogP contribution in [0.2, 0.25) is 0 Å². The molecule has 0 radical (unpaired) electrons. The molecule has 1 saturated heterocycles. The van der Waals surface area contributed by atoms with Crippen LogP contribution in [-0.4, -0.2) is 35.8 Å². The Hall–Kier alpha value is -1.36. The molecular weight excluding hydrogens is 368 g/mol. The summed E-state index contributed by atoms with van der Waals surface area (Å²) in [6, 6.07) is 6.22. The van der Waals surface area contributed by atoms with Gasteiger partial charge in [-0.05, 0) is 50.3 Å². The maximum absolute atomic E-state index is 12.6. The number of hydrogen-bond acceptors (Lipinski definition) is 2. The molecule has 0 saturated carbocycles. The second kappa shape index (κ2) is 8.65. The molecule has 1 aliphatic rings. The van der Waals surface area contributed by atoms with Crippen molar-refractivity contribution < 1.29 is 9.59 Å². The Labute approximate surface area is 153 Å². The average Bonchev–Trinajstić information content (AvgIpc) is 2.57. The van der Waals surface area contributed by atoms with Crippen molar-refractivity contribution in [3.63, 3.8) is 0 Å². The number of carbonyl (C=O) groups excluding carboxylic acids is 2. The number of anilines is 1. The highest BCUT2D eigenvalue weighted by Crippen LogP contribution is 2.25. The number of carbonyl (C=O) groups is 2. The van der Waals surface area contributed by atoms with Gasteiger partial charge in [0.1, 0.15) is 0 Å². The van der Waals surface area contributed by atoms with Crippen LogP contribution in [0.1, 0.15) is 51.5 Å². The number of aryl methyl sites for hydroxylation is 1. The molecule has 132 valence electrons. The van der Waals surface area contributed by atoms with Crippen LogP contribution in [0, 0.1) is 6.92 Å². The van der Waals surface area contributed by atoms with Crippen molar-refractivity contribution in [2.45, 2.75) is 58.9 Å². The zero-order valence-corrected chi connectivity index (χ0v) is 16.4. The number of likely N-dealkylation sites (tertiary alicyclic amines) is 1. The van der Waals surface area contributed by atoms with Gasteiger partial charge in [-0.15, -0.1) is 0 Å². The standard InChI is InChI=1S/C19H27BrN2O2/c1-4-16-7-5-6-11-22(16)19(24)10-12-21(15(3)23)17-9-8-14(2)18(20)13-17/h8-9,13,16H,4-7,10-12H2,1-3H3. The predicted octanol–water partition coefficient (Wildman–Crippen LogP) is 4.29. The van der Waals surface area contributed by atoms with Gasteiger partial charge in [0.25, 0.3) is 0 Å². The van der Waals surface area contributed by atoms with E-state index in [-0.39, 0.29) is 11.8 Å². The monoisotopic (exact) mass is 394 g/mol. The fourth-order valence-corrected chi connectivity index (χ4v) is 3.69. The Kier molecular flexibility index (Phi) is 6.84. The molecule has 0 aromatic heterocycles. The summed E-state index contributed by atoms with van der Waals surface area (Å²) >= 11 is 3.51. The zero-order chi connectivity index (χ0) is 17.7. The Balaban J connectivity index is 2.04. The first kappa shape index (κ1) is 19.0. The van der Waals surface area contributed by atoms with E-state index in [1.54, 1.807) is 11.8 Å². The van der Waals surface area contributed by atoms with Crippen molar-refractivity contribution in [3.05, 3.63) is 28.2 Å². The molecule has 5 heteroatoms. The van der Waals surface area contributed by atoms with Gasteiger partial charge in [0.2, 0.25) is 11.8 Å². The number of halogens is 1. The van der Waals surface area contributed by atoms with Crippen LogP contribution in [0.4, 0.5) is 5.69 Å². The van der Waals surface area contributed by atoms with E-state index in [4.69, 9.17) is 0 Å². The van der Waals surface area contributed by atoms with Crippen molar-refractivity contribution >= 4 is 33.4 Å². The minimum Gasteiger partial charge on any atom is -0.340 e. The second-order valence-electron chi connectivity index (χ2n) is 6.50. The molecule has 0 spiro atoms. The lowest BCUT2D eigenvalue weighted by Crippen LogP contribution is -2.44. The molecule has 1 aromatic rings. The number of amides is 2. The van der Waals surface area contributed by atoms with E-state index in [0.29, 0.717) is 19.0 Å². The summed E-state index contributed by atoms with van der Waals surface area (Å²) in [6.45, 7) is 6.98. The molecular formula is C19H27BrN2O2. The summed E-state index contributed by atoms with van der Waals surface area (Å²) in [4.78, 5) is 28.4. The van der Waals surface area contributed by atoms with Crippen molar-refractivity contribution in [3.8, 4) is 0 Å². The van der Waals surface area contributed by atoms with Crippen LogP contribution < -0.4 is 4.90 Å². The molecule has 24 heavy (non-hydrogen) atoms. The first-order valence-corrected chi connectivity index (χ1v) is 9.57. The smallest absolute Gasteiger partial charge is 0.224 e. The number of benzene rings is 1. The number of piperidine rings is 1. The highest BCUT2D eigenvalue weighted by molar-refractivity contribution is 9.10. The Bertz CT molecular complexity index is 603. The second-order valence-corrected chi connectivity index (χ2v) is 7.35. The van der Waals surface area contributed by atoms with Crippen LogP contribution in [0.25, 0.3) is 0 Å². The normalized spacial score (nSPS) is 17.7. The average molecular weight is 395 g/mol. The van der Waals surface area contributed by atoms with Crippen LogP contribution in [0.15, 0.2) is 22.7 Å².